The third-order valence-corrected chi connectivity index (χ3v) is 5.46. The summed E-state index contributed by atoms with van der Waals surface area (Å²) in [7, 11) is 0. The van der Waals surface area contributed by atoms with Crippen molar-refractivity contribution < 1.29 is 14.6 Å². The Morgan fingerprint density at radius 3 is 2.44 bits per heavy atom. The van der Waals surface area contributed by atoms with Crippen LogP contribution in [0.25, 0.3) is 10.9 Å². The van der Waals surface area contributed by atoms with E-state index in [0.29, 0.717) is 11.1 Å². The number of nitrogens with two attached hydrogens (primary N) is 1. The minimum absolute atomic E-state index is 0.0864. The first kappa shape index (κ1) is 17.9. The molecule has 1 saturated carbocycles. The maximum atomic E-state index is 12.8. The molecule has 1 aromatic heterocycles. The highest BCUT2D eigenvalue weighted by atomic mass is 16.5. The summed E-state index contributed by atoms with van der Waals surface area (Å²) in [4.78, 5) is 26.5. The fraction of sp³-hybridized carbons (Fsp3) is 0.500. The number of nitrogen functional groups attached to an aromatic ring is 1. The van der Waals surface area contributed by atoms with Crippen LogP contribution in [-0.4, -0.2) is 40.9 Å². The number of carbonyl (C=O) groups is 1. The van der Waals surface area contributed by atoms with Crippen LogP contribution in [0.5, 0.6) is 0 Å². The Bertz CT molecular complexity index is 983. The van der Waals surface area contributed by atoms with Gasteiger partial charge < -0.3 is 25.0 Å². The molecule has 1 aliphatic carbocycles. The predicted octanol–water partition coefficient (Wildman–Crippen LogP) is 2.54. The van der Waals surface area contributed by atoms with Crippen molar-refractivity contribution in [1.29, 1.82) is 0 Å². The number of rotatable bonds is 3. The minimum Gasteiger partial charge on any atom is -0.477 e. The molecular weight excluding hydrogens is 346 g/mol. The van der Waals surface area contributed by atoms with Crippen molar-refractivity contribution in [1.82, 2.24) is 4.57 Å². The van der Waals surface area contributed by atoms with E-state index in [2.05, 4.69) is 4.90 Å². The van der Waals surface area contributed by atoms with Crippen molar-refractivity contribution in [3.8, 4) is 0 Å². The van der Waals surface area contributed by atoms with Crippen molar-refractivity contribution in [2.75, 3.05) is 23.7 Å². The molecule has 2 fully saturated rings. The fourth-order valence-corrected chi connectivity index (χ4v) is 4.31. The van der Waals surface area contributed by atoms with E-state index in [1.807, 2.05) is 25.3 Å². The summed E-state index contributed by atoms with van der Waals surface area (Å²) < 4.78 is 7.80. The number of benzene rings is 1. The lowest BCUT2D eigenvalue weighted by Gasteiger charge is -2.38. The van der Waals surface area contributed by atoms with Crippen molar-refractivity contribution in [3.05, 3.63) is 33.6 Å². The van der Waals surface area contributed by atoms with Gasteiger partial charge in [0.2, 0.25) is 5.43 Å². The normalized spacial score (nSPS) is 23.0. The van der Waals surface area contributed by atoms with E-state index in [4.69, 9.17) is 10.5 Å². The molecule has 1 saturated heterocycles. The van der Waals surface area contributed by atoms with Gasteiger partial charge in [-0.2, -0.15) is 0 Å². The zero-order chi connectivity index (χ0) is 19.5. The lowest BCUT2D eigenvalue weighted by Crippen LogP contribution is -2.46. The maximum Gasteiger partial charge on any atom is 0.341 e. The van der Waals surface area contributed by atoms with Crippen LogP contribution >= 0.6 is 0 Å². The van der Waals surface area contributed by atoms with E-state index >= 15 is 0 Å². The van der Waals surface area contributed by atoms with Gasteiger partial charge in [-0.05, 0) is 45.2 Å². The third-order valence-electron chi connectivity index (χ3n) is 5.46. The second kappa shape index (κ2) is 6.27. The van der Waals surface area contributed by atoms with E-state index in [1.165, 1.54) is 6.20 Å². The number of hydrogen-bond donors (Lipinski definition) is 2. The van der Waals surface area contributed by atoms with Gasteiger partial charge in [-0.25, -0.2) is 4.79 Å². The van der Waals surface area contributed by atoms with Gasteiger partial charge in [0.15, 0.2) is 0 Å². The number of hydrogen-bond acceptors (Lipinski definition) is 5. The molecule has 2 heterocycles. The Labute approximate surface area is 157 Å². The molecule has 2 aromatic rings. The standard InChI is InChI=1S/C20H25N3O4/c1-10-7-22(8-11(2)27-10)18-12(3)17-14(6-16(18)21)19(24)15(20(25)26)9-23(17)13-4-5-13/h6,9-11,13H,4-5,7-8,21H2,1-3H3,(H,25,26). The fourth-order valence-electron chi connectivity index (χ4n) is 4.31. The number of nitrogens with zero attached hydrogens (tertiary/aromatic N) is 2. The average Bonchev–Trinajstić information content (AvgIpc) is 3.39. The number of fused-ring (bicyclic) bond motifs is 1. The van der Waals surface area contributed by atoms with Crippen LogP contribution in [0.2, 0.25) is 0 Å². The first-order chi connectivity index (χ1) is 12.8. The number of morpholine rings is 1. The molecule has 2 atom stereocenters. The number of ether oxygens (including phenoxy) is 1. The molecular formula is C20H25N3O4. The molecule has 7 heteroatoms. The molecule has 0 spiro atoms. The first-order valence-electron chi connectivity index (χ1n) is 9.39. The summed E-state index contributed by atoms with van der Waals surface area (Å²) in [6.07, 6.45) is 3.65. The van der Waals surface area contributed by atoms with Gasteiger partial charge >= 0.3 is 5.97 Å². The van der Waals surface area contributed by atoms with E-state index in [0.717, 1.165) is 42.7 Å². The van der Waals surface area contributed by atoms with Crippen LogP contribution in [0.15, 0.2) is 17.1 Å². The van der Waals surface area contributed by atoms with Gasteiger partial charge in [0.25, 0.3) is 0 Å². The largest absolute Gasteiger partial charge is 0.477 e. The van der Waals surface area contributed by atoms with Gasteiger partial charge in [-0.1, -0.05) is 0 Å². The summed E-state index contributed by atoms with van der Waals surface area (Å²) in [5.74, 6) is -1.20. The van der Waals surface area contributed by atoms with E-state index in [-0.39, 0.29) is 23.8 Å². The first-order valence-corrected chi connectivity index (χ1v) is 9.39. The zero-order valence-corrected chi connectivity index (χ0v) is 15.9. The molecule has 2 aliphatic rings. The molecule has 3 N–H and O–H groups in total. The molecule has 144 valence electrons. The number of aryl methyl sites for hydroxylation is 1. The van der Waals surface area contributed by atoms with Crippen molar-refractivity contribution in [3.63, 3.8) is 0 Å². The van der Waals surface area contributed by atoms with Crippen LogP contribution < -0.4 is 16.1 Å². The van der Waals surface area contributed by atoms with Crippen LogP contribution in [-0.2, 0) is 4.74 Å². The number of carboxylic acid groups (broad SMARTS) is 1. The number of aromatic carboxylic acids is 1. The second-order valence-electron chi connectivity index (χ2n) is 7.81. The van der Waals surface area contributed by atoms with Crippen molar-refractivity contribution >= 4 is 28.2 Å². The molecule has 4 rings (SSSR count). The molecule has 0 amide bonds. The number of aromatic nitrogens is 1. The minimum atomic E-state index is -1.20. The van der Waals surface area contributed by atoms with Gasteiger partial charge in [0, 0.05) is 30.7 Å². The number of pyridine rings is 1. The van der Waals surface area contributed by atoms with Gasteiger partial charge in [-0.15, -0.1) is 0 Å². The Morgan fingerprint density at radius 2 is 1.89 bits per heavy atom. The van der Waals surface area contributed by atoms with Crippen molar-refractivity contribution in [2.24, 2.45) is 0 Å². The highest BCUT2D eigenvalue weighted by Gasteiger charge is 2.30. The summed E-state index contributed by atoms with van der Waals surface area (Å²) in [6, 6.07) is 1.89. The Hall–Kier alpha value is -2.54. The molecule has 0 bridgehead atoms. The third kappa shape index (κ3) is 2.96. The summed E-state index contributed by atoms with van der Waals surface area (Å²) >= 11 is 0. The molecule has 1 aromatic carbocycles. The predicted molar refractivity (Wildman–Crippen MR) is 105 cm³/mol. The highest BCUT2D eigenvalue weighted by Crippen LogP contribution is 2.41. The smallest absolute Gasteiger partial charge is 0.341 e. The average molecular weight is 371 g/mol. The SMILES string of the molecule is Cc1c(N2CC(C)OC(C)C2)c(N)cc2c(=O)c(C(=O)O)cn(C3CC3)c12. The Kier molecular flexibility index (Phi) is 4.14. The lowest BCUT2D eigenvalue weighted by atomic mass is 10.0. The Balaban J connectivity index is 1.98. The number of anilines is 2. The summed E-state index contributed by atoms with van der Waals surface area (Å²) in [5.41, 5.74) is 8.84. The van der Waals surface area contributed by atoms with Crippen LogP contribution in [0.3, 0.4) is 0 Å². The monoisotopic (exact) mass is 371 g/mol. The second-order valence-corrected chi connectivity index (χ2v) is 7.81. The zero-order valence-electron chi connectivity index (χ0n) is 15.9. The molecule has 27 heavy (non-hydrogen) atoms. The summed E-state index contributed by atoms with van der Waals surface area (Å²) in [5, 5.41) is 9.82. The topological polar surface area (TPSA) is 97.8 Å². The van der Waals surface area contributed by atoms with E-state index in [1.54, 1.807) is 6.07 Å². The van der Waals surface area contributed by atoms with Crippen LogP contribution in [0, 0.1) is 6.92 Å². The van der Waals surface area contributed by atoms with Gasteiger partial charge in [-0.3, -0.25) is 4.79 Å². The quantitative estimate of drug-likeness (QED) is 0.805. The molecule has 2 unspecified atom stereocenters. The Morgan fingerprint density at radius 1 is 1.26 bits per heavy atom. The number of carboxylic acids is 1. The summed E-state index contributed by atoms with van der Waals surface area (Å²) in [6.45, 7) is 7.49. The van der Waals surface area contributed by atoms with Crippen LogP contribution in [0.1, 0.15) is 48.7 Å². The maximum absolute atomic E-state index is 12.8. The lowest BCUT2D eigenvalue weighted by molar-refractivity contribution is -0.00519. The molecule has 1 aliphatic heterocycles. The van der Waals surface area contributed by atoms with Gasteiger partial charge in [0.05, 0.1) is 29.1 Å². The molecule has 0 radical (unpaired) electrons. The van der Waals surface area contributed by atoms with E-state index < -0.39 is 11.4 Å². The van der Waals surface area contributed by atoms with E-state index in [9.17, 15) is 14.7 Å². The highest BCUT2D eigenvalue weighted by molar-refractivity contribution is 5.98. The van der Waals surface area contributed by atoms with Crippen molar-refractivity contribution in [2.45, 2.75) is 51.9 Å². The van der Waals surface area contributed by atoms with Crippen LogP contribution in [0.4, 0.5) is 11.4 Å². The van der Waals surface area contributed by atoms with Gasteiger partial charge in [0.1, 0.15) is 5.56 Å². The molecule has 7 nitrogen and oxygen atoms in total.